The summed E-state index contributed by atoms with van der Waals surface area (Å²) in [7, 11) is 0. The molecule has 2 saturated heterocycles. The molecule has 8 atom stereocenters. The first kappa shape index (κ1) is 19.0. The second-order valence-electron chi connectivity index (χ2n) is 9.97. The summed E-state index contributed by atoms with van der Waals surface area (Å²) in [4.78, 5) is 54.9. The minimum atomic E-state index is -0.240. The molecule has 2 bridgehead atoms. The molecule has 2 heterocycles. The highest BCUT2D eigenvalue weighted by Gasteiger charge is 2.60. The number of benzene rings is 1. The molecule has 6 rings (SSSR count). The van der Waals surface area contributed by atoms with Gasteiger partial charge in [0.2, 0.25) is 23.6 Å². The Hall–Kier alpha value is -2.76. The summed E-state index contributed by atoms with van der Waals surface area (Å²) in [5.41, 5.74) is 1.04. The third-order valence-corrected chi connectivity index (χ3v) is 8.55. The minimum Gasteiger partial charge on any atom is -0.274 e. The highest BCUT2D eigenvalue weighted by Crippen LogP contribution is 2.53. The first-order valence-electron chi connectivity index (χ1n) is 11.5. The average Bonchev–Trinajstić information content (AvgIpc) is 3.54. The van der Waals surface area contributed by atoms with E-state index in [0.717, 1.165) is 19.3 Å². The van der Waals surface area contributed by atoms with E-state index in [4.69, 9.17) is 0 Å². The van der Waals surface area contributed by atoms with Crippen LogP contribution in [0.5, 0.6) is 0 Å². The number of carbonyl (C=O) groups excluding carboxylic acids is 4. The second kappa shape index (κ2) is 6.38. The van der Waals surface area contributed by atoms with E-state index in [1.54, 1.807) is 24.3 Å². The van der Waals surface area contributed by atoms with Crippen LogP contribution in [-0.4, -0.2) is 23.6 Å². The Morgan fingerprint density at radius 2 is 1.16 bits per heavy atom. The van der Waals surface area contributed by atoms with E-state index in [9.17, 15) is 19.2 Å². The normalized spacial score (nSPS) is 40.5. The van der Waals surface area contributed by atoms with Crippen LogP contribution < -0.4 is 9.80 Å². The van der Waals surface area contributed by atoms with Gasteiger partial charge in [-0.2, -0.15) is 0 Å². The number of imide groups is 2. The fourth-order valence-corrected chi connectivity index (χ4v) is 7.16. The van der Waals surface area contributed by atoms with Gasteiger partial charge in [-0.25, -0.2) is 0 Å². The Balaban J connectivity index is 1.28. The Labute approximate surface area is 181 Å². The number of fused-ring (bicyclic) bond motifs is 6. The van der Waals surface area contributed by atoms with Gasteiger partial charge in [0.25, 0.3) is 0 Å². The van der Waals surface area contributed by atoms with E-state index in [1.807, 2.05) is 0 Å². The summed E-state index contributed by atoms with van der Waals surface area (Å²) >= 11 is 0. The Morgan fingerprint density at radius 1 is 0.710 bits per heavy atom. The number of carbonyl (C=O) groups is 4. The molecule has 1 aromatic rings. The zero-order valence-electron chi connectivity index (χ0n) is 17.7. The third kappa shape index (κ3) is 2.33. The quantitative estimate of drug-likeness (QED) is 0.558. The molecular weight excluding hydrogens is 392 g/mol. The van der Waals surface area contributed by atoms with Gasteiger partial charge in [0.15, 0.2) is 0 Å². The van der Waals surface area contributed by atoms with Crippen LogP contribution in [0.15, 0.2) is 36.4 Å². The van der Waals surface area contributed by atoms with Gasteiger partial charge in [-0.3, -0.25) is 29.0 Å². The number of hydrogen-bond acceptors (Lipinski definition) is 4. The molecule has 3 aliphatic carbocycles. The lowest BCUT2D eigenvalue weighted by Gasteiger charge is -2.21. The van der Waals surface area contributed by atoms with E-state index in [-0.39, 0.29) is 71.0 Å². The van der Waals surface area contributed by atoms with Crippen molar-refractivity contribution in [1.29, 1.82) is 0 Å². The maximum atomic E-state index is 13.1. The molecule has 5 aliphatic rings. The lowest BCUT2D eigenvalue weighted by Crippen LogP contribution is -2.34. The van der Waals surface area contributed by atoms with E-state index >= 15 is 0 Å². The SMILES string of the molecule is CC[C@H]1CC(C)C2C(=O)N(c3ccc(N4C(=O)C5C6C=CC(C6)C5C4=O)cc3)C(=O)C21. The summed E-state index contributed by atoms with van der Waals surface area (Å²) in [5.74, 6) is -0.607. The van der Waals surface area contributed by atoms with Gasteiger partial charge in [-0.15, -0.1) is 0 Å². The zero-order valence-corrected chi connectivity index (χ0v) is 17.7. The van der Waals surface area contributed by atoms with E-state index in [1.165, 1.54) is 9.80 Å². The smallest absolute Gasteiger partial charge is 0.238 e. The summed E-state index contributed by atoms with van der Waals surface area (Å²) in [6.07, 6.45) is 6.88. The van der Waals surface area contributed by atoms with Crippen molar-refractivity contribution in [2.75, 3.05) is 9.80 Å². The van der Waals surface area contributed by atoms with E-state index in [2.05, 4.69) is 26.0 Å². The number of allylic oxidation sites excluding steroid dienone is 2. The second-order valence-corrected chi connectivity index (χ2v) is 9.97. The Kier molecular flexibility index (Phi) is 3.90. The maximum absolute atomic E-state index is 13.1. The molecule has 7 unspecified atom stereocenters. The predicted molar refractivity (Wildman–Crippen MR) is 114 cm³/mol. The summed E-state index contributed by atoms with van der Waals surface area (Å²) in [5, 5.41) is 0. The average molecular weight is 418 g/mol. The molecule has 6 heteroatoms. The lowest BCUT2D eigenvalue weighted by atomic mass is 9.85. The van der Waals surface area contributed by atoms with Crippen LogP contribution in [0.3, 0.4) is 0 Å². The van der Waals surface area contributed by atoms with Crippen molar-refractivity contribution in [3.8, 4) is 0 Å². The first-order chi connectivity index (χ1) is 14.9. The van der Waals surface area contributed by atoms with Crippen molar-refractivity contribution in [2.45, 2.75) is 33.1 Å². The van der Waals surface area contributed by atoms with Gasteiger partial charge < -0.3 is 0 Å². The zero-order chi connectivity index (χ0) is 21.6. The molecule has 4 fully saturated rings. The standard InChI is InChI=1S/C25H26N2O4/c1-3-13-10-12(2)18-19(13)23(29)26(22(18)28)16-6-8-17(9-7-16)27-24(30)20-14-4-5-15(11-14)21(20)25(27)31/h4-9,12-15,18-21H,3,10-11H2,1-2H3/t12?,13-,14?,15?,18?,19?,20?,21?/m0/s1. The van der Waals surface area contributed by atoms with Crippen LogP contribution in [0.1, 0.15) is 33.1 Å². The van der Waals surface area contributed by atoms with Crippen molar-refractivity contribution >= 4 is 35.0 Å². The number of nitrogens with zero attached hydrogens (tertiary/aromatic N) is 2. The molecule has 2 saturated carbocycles. The number of hydrogen-bond donors (Lipinski definition) is 0. The van der Waals surface area contributed by atoms with Crippen LogP contribution in [0.4, 0.5) is 11.4 Å². The van der Waals surface area contributed by atoms with Gasteiger partial charge >= 0.3 is 0 Å². The summed E-state index contributed by atoms with van der Waals surface area (Å²) < 4.78 is 0. The van der Waals surface area contributed by atoms with Gasteiger partial charge in [0, 0.05) is 0 Å². The maximum Gasteiger partial charge on any atom is 0.238 e. The highest BCUT2D eigenvalue weighted by molar-refractivity contribution is 6.24. The molecule has 4 amide bonds. The Morgan fingerprint density at radius 3 is 1.65 bits per heavy atom. The summed E-state index contributed by atoms with van der Waals surface area (Å²) in [6, 6.07) is 6.77. The third-order valence-electron chi connectivity index (χ3n) is 8.55. The van der Waals surface area contributed by atoms with Crippen LogP contribution >= 0.6 is 0 Å². The van der Waals surface area contributed by atoms with Crippen molar-refractivity contribution in [3.05, 3.63) is 36.4 Å². The van der Waals surface area contributed by atoms with E-state index < -0.39 is 0 Å². The lowest BCUT2D eigenvalue weighted by molar-refractivity contribution is -0.125. The predicted octanol–water partition coefficient (Wildman–Crippen LogP) is 3.17. The molecule has 6 nitrogen and oxygen atoms in total. The molecule has 2 aliphatic heterocycles. The minimum absolute atomic E-state index is 0.107. The Bertz CT molecular complexity index is 1010. The number of rotatable bonds is 3. The molecule has 0 aromatic heterocycles. The molecular formula is C25H26N2O4. The fraction of sp³-hybridized carbons (Fsp3) is 0.520. The molecule has 160 valence electrons. The van der Waals surface area contributed by atoms with Crippen molar-refractivity contribution in [3.63, 3.8) is 0 Å². The molecule has 31 heavy (non-hydrogen) atoms. The largest absolute Gasteiger partial charge is 0.274 e. The van der Waals surface area contributed by atoms with E-state index in [0.29, 0.717) is 11.4 Å². The van der Waals surface area contributed by atoms with Crippen LogP contribution in [0, 0.1) is 47.3 Å². The molecule has 0 radical (unpaired) electrons. The molecule has 1 aromatic carbocycles. The van der Waals surface area contributed by atoms with Crippen LogP contribution in [0.25, 0.3) is 0 Å². The first-order valence-corrected chi connectivity index (χ1v) is 11.5. The molecule has 0 spiro atoms. The van der Waals surface area contributed by atoms with Gasteiger partial charge in [0.1, 0.15) is 0 Å². The fourth-order valence-electron chi connectivity index (χ4n) is 7.16. The monoisotopic (exact) mass is 418 g/mol. The van der Waals surface area contributed by atoms with Gasteiger partial charge in [0.05, 0.1) is 35.0 Å². The molecule has 0 N–H and O–H groups in total. The number of anilines is 2. The topological polar surface area (TPSA) is 74.8 Å². The number of amides is 4. The highest BCUT2D eigenvalue weighted by atomic mass is 16.2. The van der Waals surface area contributed by atoms with Gasteiger partial charge in [-0.05, 0) is 60.8 Å². The van der Waals surface area contributed by atoms with Crippen LogP contribution in [0.2, 0.25) is 0 Å². The van der Waals surface area contributed by atoms with Crippen molar-refractivity contribution in [1.82, 2.24) is 0 Å². The van der Waals surface area contributed by atoms with Crippen molar-refractivity contribution in [2.24, 2.45) is 47.3 Å². The van der Waals surface area contributed by atoms with Crippen molar-refractivity contribution < 1.29 is 19.2 Å². The summed E-state index contributed by atoms with van der Waals surface area (Å²) in [6.45, 7) is 4.14. The van der Waals surface area contributed by atoms with Gasteiger partial charge in [-0.1, -0.05) is 32.4 Å². The van der Waals surface area contributed by atoms with Crippen LogP contribution in [-0.2, 0) is 19.2 Å².